The number of furan rings is 1. The molecule has 3 rings (SSSR count). The molecular formula is C16H22N4O3S. The Balaban J connectivity index is 1.62. The van der Waals surface area contributed by atoms with Crippen molar-refractivity contribution in [3.8, 4) is 11.4 Å². The van der Waals surface area contributed by atoms with Crippen LogP contribution in [0.3, 0.4) is 0 Å². The van der Waals surface area contributed by atoms with Gasteiger partial charge in [0.2, 0.25) is 5.91 Å². The van der Waals surface area contributed by atoms with E-state index in [1.165, 1.54) is 11.8 Å². The van der Waals surface area contributed by atoms with Gasteiger partial charge in [-0.25, -0.2) is 0 Å². The second-order valence-electron chi connectivity index (χ2n) is 5.79. The van der Waals surface area contributed by atoms with E-state index in [2.05, 4.69) is 17.1 Å². The zero-order chi connectivity index (χ0) is 17.1. The van der Waals surface area contributed by atoms with Crippen molar-refractivity contribution in [3.63, 3.8) is 0 Å². The van der Waals surface area contributed by atoms with E-state index in [1.54, 1.807) is 6.26 Å². The topological polar surface area (TPSA) is 73.4 Å². The molecule has 1 amide bonds. The normalized spacial score (nSPS) is 18.1. The van der Waals surface area contributed by atoms with Crippen LogP contribution in [0.1, 0.15) is 19.1 Å². The molecule has 1 saturated heterocycles. The smallest absolute Gasteiger partial charge is 0.233 e. The van der Waals surface area contributed by atoms with E-state index in [0.717, 1.165) is 28.7 Å². The van der Waals surface area contributed by atoms with E-state index in [9.17, 15) is 4.79 Å². The molecule has 2 aromatic heterocycles. The summed E-state index contributed by atoms with van der Waals surface area (Å²) in [5.41, 5.74) is 0.919. The van der Waals surface area contributed by atoms with Gasteiger partial charge < -0.3 is 18.6 Å². The number of carbonyl (C=O) groups excluding carboxylic acids is 1. The minimum atomic E-state index is 0.116. The van der Waals surface area contributed by atoms with Crippen molar-refractivity contribution in [2.45, 2.75) is 31.5 Å². The fourth-order valence-electron chi connectivity index (χ4n) is 2.70. The largest absolute Gasteiger partial charge is 0.469 e. The SMILES string of the molecule is CC[C@H]1CN(C(=O)CSc2nnc(-c3ccoc3C)n2C)CCO1. The molecule has 130 valence electrons. The first-order valence-electron chi connectivity index (χ1n) is 8.06. The van der Waals surface area contributed by atoms with Crippen LogP contribution in [0.5, 0.6) is 0 Å². The first kappa shape index (κ1) is 17.0. The van der Waals surface area contributed by atoms with Crippen molar-refractivity contribution in [2.75, 3.05) is 25.4 Å². The van der Waals surface area contributed by atoms with E-state index < -0.39 is 0 Å². The summed E-state index contributed by atoms with van der Waals surface area (Å²) in [6.07, 6.45) is 2.71. The highest BCUT2D eigenvalue weighted by molar-refractivity contribution is 7.99. The first-order chi connectivity index (χ1) is 11.6. The number of ether oxygens (including phenoxy) is 1. The third-order valence-corrected chi connectivity index (χ3v) is 5.21. The lowest BCUT2D eigenvalue weighted by Gasteiger charge is -2.32. The molecule has 1 atom stereocenters. The van der Waals surface area contributed by atoms with Gasteiger partial charge in [-0.3, -0.25) is 4.79 Å². The van der Waals surface area contributed by atoms with Crippen LogP contribution < -0.4 is 0 Å². The maximum Gasteiger partial charge on any atom is 0.233 e. The van der Waals surface area contributed by atoms with E-state index in [-0.39, 0.29) is 12.0 Å². The Bertz CT molecular complexity index is 712. The van der Waals surface area contributed by atoms with Crippen LogP contribution in [0, 0.1) is 6.92 Å². The van der Waals surface area contributed by atoms with Gasteiger partial charge in [-0.15, -0.1) is 10.2 Å². The van der Waals surface area contributed by atoms with Crippen LogP contribution >= 0.6 is 11.8 Å². The molecule has 0 radical (unpaired) electrons. The van der Waals surface area contributed by atoms with Gasteiger partial charge in [0.15, 0.2) is 11.0 Å². The van der Waals surface area contributed by atoms with Crippen molar-refractivity contribution >= 4 is 17.7 Å². The molecule has 0 spiro atoms. The number of morpholine rings is 1. The lowest BCUT2D eigenvalue weighted by Crippen LogP contribution is -2.46. The van der Waals surface area contributed by atoms with Crippen LogP contribution in [0.25, 0.3) is 11.4 Å². The van der Waals surface area contributed by atoms with Crippen LogP contribution in [-0.2, 0) is 16.6 Å². The second kappa shape index (κ2) is 7.40. The number of amides is 1. The van der Waals surface area contributed by atoms with Crippen molar-refractivity contribution in [2.24, 2.45) is 7.05 Å². The van der Waals surface area contributed by atoms with Gasteiger partial charge >= 0.3 is 0 Å². The Morgan fingerprint density at radius 3 is 3.00 bits per heavy atom. The average molecular weight is 350 g/mol. The van der Waals surface area contributed by atoms with Gasteiger partial charge in [0.1, 0.15) is 5.76 Å². The van der Waals surface area contributed by atoms with Gasteiger partial charge in [0.25, 0.3) is 0 Å². The Kier molecular flexibility index (Phi) is 5.25. The molecule has 2 aromatic rings. The molecule has 24 heavy (non-hydrogen) atoms. The average Bonchev–Trinajstić information content (AvgIpc) is 3.18. The van der Waals surface area contributed by atoms with Gasteiger partial charge in [0, 0.05) is 20.1 Å². The second-order valence-corrected chi connectivity index (χ2v) is 6.73. The van der Waals surface area contributed by atoms with Crippen LogP contribution in [0.2, 0.25) is 0 Å². The molecule has 3 heterocycles. The minimum absolute atomic E-state index is 0.116. The first-order valence-corrected chi connectivity index (χ1v) is 9.04. The predicted octanol–water partition coefficient (Wildman–Crippen LogP) is 2.11. The van der Waals surface area contributed by atoms with Gasteiger partial charge in [-0.2, -0.15) is 0 Å². The zero-order valence-electron chi connectivity index (χ0n) is 14.2. The molecule has 1 aliphatic rings. The Labute approximate surface area is 145 Å². The van der Waals surface area contributed by atoms with Gasteiger partial charge in [-0.1, -0.05) is 18.7 Å². The molecule has 0 unspecified atom stereocenters. The number of hydrogen-bond acceptors (Lipinski definition) is 6. The van der Waals surface area contributed by atoms with E-state index in [1.807, 2.05) is 29.5 Å². The third kappa shape index (κ3) is 3.49. The molecule has 0 aliphatic carbocycles. The van der Waals surface area contributed by atoms with Gasteiger partial charge in [0.05, 0.1) is 30.3 Å². The summed E-state index contributed by atoms with van der Waals surface area (Å²) >= 11 is 1.41. The van der Waals surface area contributed by atoms with Crippen molar-refractivity contribution in [3.05, 3.63) is 18.1 Å². The van der Waals surface area contributed by atoms with Crippen LogP contribution in [-0.4, -0.2) is 57.1 Å². The summed E-state index contributed by atoms with van der Waals surface area (Å²) in [4.78, 5) is 14.3. The summed E-state index contributed by atoms with van der Waals surface area (Å²) in [5.74, 6) is 2.02. The number of thioether (sulfide) groups is 1. The molecule has 0 N–H and O–H groups in total. The zero-order valence-corrected chi connectivity index (χ0v) is 15.0. The van der Waals surface area contributed by atoms with Crippen molar-refractivity contribution in [1.82, 2.24) is 19.7 Å². The standard InChI is InChI=1S/C16H22N4O3S/c1-4-12-9-20(6-8-23-12)14(21)10-24-16-18-17-15(19(16)3)13-5-7-22-11(13)2/h5,7,12H,4,6,8-10H2,1-3H3/t12-/m0/s1. The molecule has 0 saturated carbocycles. The quantitative estimate of drug-likeness (QED) is 0.769. The predicted molar refractivity (Wildman–Crippen MR) is 90.8 cm³/mol. The highest BCUT2D eigenvalue weighted by Crippen LogP contribution is 2.26. The molecular weight excluding hydrogens is 328 g/mol. The summed E-state index contributed by atoms with van der Waals surface area (Å²) in [6, 6.07) is 1.87. The molecule has 7 nitrogen and oxygen atoms in total. The lowest BCUT2D eigenvalue weighted by atomic mass is 10.2. The number of hydrogen-bond donors (Lipinski definition) is 0. The summed E-state index contributed by atoms with van der Waals surface area (Å²) in [5, 5.41) is 9.14. The molecule has 8 heteroatoms. The van der Waals surface area contributed by atoms with E-state index in [0.29, 0.717) is 25.4 Å². The Morgan fingerprint density at radius 2 is 2.29 bits per heavy atom. The fourth-order valence-corrected chi connectivity index (χ4v) is 3.52. The molecule has 0 aromatic carbocycles. The third-order valence-electron chi connectivity index (χ3n) is 4.21. The van der Waals surface area contributed by atoms with Crippen LogP contribution in [0.15, 0.2) is 21.9 Å². The van der Waals surface area contributed by atoms with Crippen molar-refractivity contribution < 1.29 is 13.9 Å². The maximum absolute atomic E-state index is 12.4. The lowest BCUT2D eigenvalue weighted by molar-refractivity contribution is -0.135. The Hall–Kier alpha value is -1.80. The number of rotatable bonds is 5. The monoisotopic (exact) mass is 350 g/mol. The van der Waals surface area contributed by atoms with E-state index in [4.69, 9.17) is 9.15 Å². The van der Waals surface area contributed by atoms with E-state index >= 15 is 0 Å². The van der Waals surface area contributed by atoms with Gasteiger partial charge in [-0.05, 0) is 19.4 Å². The number of carbonyl (C=O) groups is 1. The highest BCUT2D eigenvalue weighted by atomic mass is 32.2. The molecule has 1 aliphatic heterocycles. The summed E-state index contributed by atoms with van der Waals surface area (Å²) < 4.78 is 12.8. The Morgan fingerprint density at radius 1 is 1.46 bits per heavy atom. The fraction of sp³-hybridized carbons (Fsp3) is 0.562. The number of aryl methyl sites for hydroxylation is 1. The van der Waals surface area contributed by atoms with Crippen molar-refractivity contribution in [1.29, 1.82) is 0 Å². The minimum Gasteiger partial charge on any atom is -0.469 e. The number of aromatic nitrogens is 3. The summed E-state index contributed by atoms with van der Waals surface area (Å²) in [7, 11) is 1.90. The van der Waals surface area contributed by atoms with Crippen LogP contribution in [0.4, 0.5) is 0 Å². The summed E-state index contributed by atoms with van der Waals surface area (Å²) in [6.45, 7) is 5.92. The molecule has 1 fully saturated rings. The highest BCUT2D eigenvalue weighted by Gasteiger charge is 2.24. The molecule has 0 bridgehead atoms. The maximum atomic E-state index is 12.4. The number of nitrogens with zero attached hydrogens (tertiary/aromatic N) is 4.